The number of nitrogens with zero attached hydrogens (tertiary/aromatic N) is 3. The maximum Gasteiger partial charge on any atom is 0.191 e. The van der Waals surface area contributed by atoms with Crippen LogP contribution in [0.5, 0.6) is 0 Å². The van der Waals surface area contributed by atoms with Crippen LogP contribution in [-0.4, -0.2) is 35.5 Å². The highest BCUT2D eigenvalue weighted by molar-refractivity contribution is 7.11. The van der Waals surface area contributed by atoms with Gasteiger partial charge in [0.05, 0.1) is 23.8 Å². The maximum absolute atomic E-state index is 4.75. The van der Waals surface area contributed by atoms with Crippen molar-refractivity contribution >= 4 is 17.3 Å². The number of guanidine groups is 1. The summed E-state index contributed by atoms with van der Waals surface area (Å²) in [5, 5.41) is 7.87. The molecule has 0 aliphatic carbocycles. The third kappa shape index (κ3) is 6.31. The number of benzene rings is 1. The van der Waals surface area contributed by atoms with E-state index < -0.39 is 0 Å². The summed E-state index contributed by atoms with van der Waals surface area (Å²) in [7, 11) is 0. The molecular formula is C22H33N5S. The van der Waals surface area contributed by atoms with Crippen LogP contribution in [0.3, 0.4) is 0 Å². The van der Waals surface area contributed by atoms with Gasteiger partial charge in [-0.05, 0) is 57.8 Å². The van der Waals surface area contributed by atoms with E-state index in [-0.39, 0.29) is 0 Å². The first-order valence-corrected chi connectivity index (χ1v) is 11.2. The van der Waals surface area contributed by atoms with Crippen molar-refractivity contribution in [2.24, 2.45) is 4.99 Å². The van der Waals surface area contributed by atoms with E-state index in [1.165, 1.54) is 48.4 Å². The molecule has 28 heavy (non-hydrogen) atoms. The minimum Gasteiger partial charge on any atom is -0.357 e. The molecule has 1 aromatic heterocycles. The maximum atomic E-state index is 4.75. The van der Waals surface area contributed by atoms with Crippen molar-refractivity contribution < 1.29 is 0 Å². The van der Waals surface area contributed by atoms with Gasteiger partial charge in [0.2, 0.25) is 0 Å². The van der Waals surface area contributed by atoms with Crippen LogP contribution in [0.1, 0.15) is 52.9 Å². The normalized spacial score (nSPS) is 15.6. The lowest BCUT2D eigenvalue weighted by Gasteiger charge is -2.26. The molecule has 5 nitrogen and oxygen atoms in total. The molecule has 0 spiro atoms. The third-order valence-electron chi connectivity index (χ3n) is 5.06. The molecule has 2 aromatic rings. The van der Waals surface area contributed by atoms with E-state index in [0.717, 1.165) is 36.3 Å². The highest BCUT2D eigenvalue weighted by Gasteiger charge is 2.10. The van der Waals surface area contributed by atoms with Crippen molar-refractivity contribution in [3.63, 3.8) is 0 Å². The number of hydrogen-bond donors (Lipinski definition) is 2. The average molecular weight is 400 g/mol. The summed E-state index contributed by atoms with van der Waals surface area (Å²) in [6.45, 7) is 12.0. The predicted octanol–water partition coefficient (Wildman–Crippen LogP) is 4.00. The fourth-order valence-electron chi connectivity index (χ4n) is 3.54. The molecule has 0 radical (unpaired) electrons. The van der Waals surface area contributed by atoms with Crippen molar-refractivity contribution in [3.05, 3.63) is 51.0 Å². The van der Waals surface area contributed by atoms with Crippen LogP contribution < -0.4 is 10.6 Å². The van der Waals surface area contributed by atoms with Gasteiger partial charge in [0.1, 0.15) is 0 Å². The zero-order valence-electron chi connectivity index (χ0n) is 17.4. The molecule has 2 heterocycles. The van der Waals surface area contributed by atoms with Gasteiger partial charge in [-0.15, -0.1) is 11.3 Å². The Kier molecular flexibility index (Phi) is 7.86. The molecule has 1 saturated heterocycles. The monoisotopic (exact) mass is 399 g/mol. The van der Waals surface area contributed by atoms with Gasteiger partial charge in [-0.1, -0.05) is 30.7 Å². The Labute approximate surface area is 173 Å². The number of aromatic nitrogens is 1. The first-order chi connectivity index (χ1) is 13.6. The molecule has 152 valence electrons. The molecule has 1 aliphatic rings. The molecule has 0 unspecified atom stereocenters. The molecule has 6 heteroatoms. The lowest BCUT2D eigenvalue weighted by atomic mass is 10.1. The Morgan fingerprint density at radius 2 is 1.79 bits per heavy atom. The van der Waals surface area contributed by atoms with Crippen molar-refractivity contribution in [1.29, 1.82) is 0 Å². The molecule has 1 aliphatic heterocycles. The van der Waals surface area contributed by atoms with Crippen LogP contribution in [0.15, 0.2) is 29.3 Å². The zero-order chi connectivity index (χ0) is 19.8. The van der Waals surface area contributed by atoms with E-state index in [4.69, 9.17) is 4.99 Å². The fraction of sp³-hybridized carbons (Fsp3) is 0.545. The Bertz CT molecular complexity index is 760. The molecule has 1 aromatic carbocycles. The second-order valence-electron chi connectivity index (χ2n) is 7.44. The number of thiazole rings is 1. The molecule has 0 saturated carbocycles. The first kappa shape index (κ1) is 20.8. The highest BCUT2D eigenvalue weighted by Crippen LogP contribution is 2.17. The summed E-state index contributed by atoms with van der Waals surface area (Å²) in [5.41, 5.74) is 3.75. The van der Waals surface area contributed by atoms with Gasteiger partial charge in [-0.3, -0.25) is 4.90 Å². The highest BCUT2D eigenvalue weighted by atomic mass is 32.1. The number of hydrogen-bond acceptors (Lipinski definition) is 4. The minimum atomic E-state index is 0.681. The number of piperidine rings is 1. The van der Waals surface area contributed by atoms with Gasteiger partial charge in [-0.25, -0.2) is 9.98 Å². The summed E-state index contributed by atoms with van der Waals surface area (Å²) in [5.74, 6) is 0.852. The van der Waals surface area contributed by atoms with Crippen LogP contribution in [0.4, 0.5) is 0 Å². The van der Waals surface area contributed by atoms with Gasteiger partial charge in [-0.2, -0.15) is 0 Å². The molecule has 0 bridgehead atoms. The van der Waals surface area contributed by atoms with Crippen molar-refractivity contribution in [1.82, 2.24) is 20.5 Å². The van der Waals surface area contributed by atoms with E-state index in [0.29, 0.717) is 6.54 Å². The van der Waals surface area contributed by atoms with E-state index in [1.807, 2.05) is 0 Å². The molecular weight excluding hydrogens is 366 g/mol. The Morgan fingerprint density at radius 3 is 2.43 bits per heavy atom. The second-order valence-corrected chi connectivity index (χ2v) is 8.73. The Balaban J connectivity index is 1.53. The van der Waals surface area contributed by atoms with Gasteiger partial charge >= 0.3 is 0 Å². The summed E-state index contributed by atoms with van der Waals surface area (Å²) < 4.78 is 0. The topological polar surface area (TPSA) is 52.6 Å². The van der Waals surface area contributed by atoms with Crippen LogP contribution in [-0.2, 0) is 19.6 Å². The van der Waals surface area contributed by atoms with Crippen molar-refractivity contribution in [2.75, 3.05) is 19.6 Å². The molecule has 1 fully saturated rings. The third-order valence-corrected chi connectivity index (χ3v) is 6.13. The number of aliphatic imine (C=N–C) groups is 1. The van der Waals surface area contributed by atoms with Crippen LogP contribution in [0.25, 0.3) is 0 Å². The smallest absolute Gasteiger partial charge is 0.191 e. The molecule has 0 atom stereocenters. The van der Waals surface area contributed by atoms with E-state index >= 15 is 0 Å². The van der Waals surface area contributed by atoms with Gasteiger partial charge in [0.15, 0.2) is 5.96 Å². The first-order valence-electron chi connectivity index (χ1n) is 10.4. The minimum absolute atomic E-state index is 0.681. The van der Waals surface area contributed by atoms with Crippen molar-refractivity contribution in [2.45, 2.75) is 59.7 Å². The lowest BCUT2D eigenvalue weighted by molar-refractivity contribution is 0.221. The van der Waals surface area contributed by atoms with E-state index in [1.54, 1.807) is 11.3 Å². The van der Waals surface area contributed by atoms with Crippen LogP contribution in [0, 0.1) is 13.8 Å². The van der Waals surface area contributed by atoms with Gasteiger partial charge < -0.3 is 10.6 Å². The Hall–Kier alpha value is -1.92. The summed E-state index contributed by atoms with van der Waals surface area (Å²) in [6, 6.07) is 8.93. The van der Waals surface area contributed by atoms with E-state index in [9.17, 15) is 0 Å². The van der Waals surface area contributed by atoms with Crippen molar-refractivity contribution in [3.8, 4) is 0 Å². The molecule has 0 amide bonds. The molecule has 3 rings (SSSR count). The van der Waals surface area contributed by atoms with E-state index in [2.05, 4.69) is 65.6 Å². The number of nitrogens with one attached hydrogen (secondary N) is 2. The lowest BCUT2D eigenvalue weighted by Crippen LogP contribution is -2.36. The fourth-order valence-corrected chi connectivity index (χ4v) is 4.42. The SMILES string of the molecule is CCNC(=NCc1ccc(CN2CCCCC2)cc1)NCc1sc(C)nc1C. The predicted molar refractivity (Wildman–Crippen MR) is 119 cm³/mol. The zero-order valence-corrected chi connectivity index (χ0v) is 18.2. The summed E-state index contributed by atoms with van der Waals surface area (Å²) in [4.78, 5) is 13.1. The number of likely N-dealkylation sites (tertiary alicyclic amines) is 1. The van der Waals surface area contributed by atoms with Crippen LogP contribution in [0.2, 0.25) is 0 Å². The second kappa shape index (κ2) is 10.6. The molecule has 2 N–H and O–H groups in total. The quantitative estimate of drug-likeness (QED) is 0.546. The number of rotatable bonds is 7. The number of aryl methyl sites for hydroxylation is 2. The largest absolute Gasteiger partial charge is 0.357 e. The van der Waals surface area contributed by atoms with Gasteiger partial charge in [0, 0.05) is 18.0 Å². The summed E-state index contributed by atoms with van der Waals surface area (Å²) in [6.07, 6.45) is 4.07. The Morgan fingerprint density at radius 1 is 1.07 bits per heavy atom. The van der Waals surface area contributed by atoms with Gasteiger partial charge in [0.25, 0.3) is 0 Å². The van der Waals surface area contributed by atoms with Crippen LogP contribution >= 0.6 is 11.3 Å². The average Bonchev–Trinajstić information content (AvgIpc) is 3.03. The standard InChI is InChI=1S/C22H33N5S/c1-4-23-22(25-15-21-17(2)26-18(3)28-21)24-14-19-8-10-20(11-9-19)16-27-12-6-5-7-13-27/h8-11H,4-7,12-16H2,1-3H3,(H2,23,24,25). The summed E-state index contributed by atoms with van der Waals surface area (Å²) >= 11 is 1.74.